The van der Waals surface area contributed by atoms with E-state index in [4.69, 9.17) is 10.5 Å². The van der Waals surface area contributed by atoms with Crippen LogP contribution in [0.4, 0.5) is 0 Å². The smallest absolute Gasteiger partial charge is 0.0963 e. The average Bonchev–Trinajstić information content (AvgIpc) is 2.18. The second-order valence-electron chi connectivity index (χ2n) is 2.97. The summed E-state index contributed by atoms with van der Waals surface area (Å²) in [4.78, 5) is 0. The van der Waals surface area contributed by atoms with Crippen molar-refractivity contribution in [2.75, 3.05) is 13.7 Å². The van der Waals surface area contributed by atoms with Crippen molar-refractivity contribution in [3.63, 3.8) is 0 Å². The molecule has 2 atom stereocenters. The van der Waals surface area contributed by atoms with Gasteiger partial charge in [0.15, 0.2) is 0 Å². The highest BCUT2D eigenvalue weighted by atomic mass is 16.5. The maximum absolute atomic E-state index is 9.72. The number of methoxy groups -OCH3 is 1. The van der Waals surface area contributed by atoms with Crippen molar-refractivity contribution < 1.29 is 9.84 Å². The predicted octanol–water partition coefficient (Wildman–Crippen LogP) is 0.694. The van der Waals surface area contributed by atoms with Gasteiger partial charge in [0.1, 0.15) is 0 Å². The SMILES string of the molecule is COC[C@@H](N)[C@H](O)c1ccccc1. The second kappa shape index (κ2) is 4.97. The highest BCUT2D eigenvalue weighted by Gasteiger charge is 2.15. The Kier molecular flexibility index (Phi) is 3.89. The fourth-order valence-electron chi connectivity index (χ4n) is 1.18. The number of aliphatic hydroxyl groups is 1. The molecule has 0 heterocycles. The van der Waals surface area contributed by atoms with Crippen LogP contribution in [-0.2, 0) is 4.74 Å². The van der Waals surface area contributed by atoms with Crippen molar-refractivity contribution in [1.82, 2.24) is 0 Å². The minimum Gasteiger partial charge on any atom is -0.387 e. The van der Waals surface area contributed by atoms with Gasteiger partial charge in [0.25, 0.3) is 0 Å². The molecule has 0 radical (unpaired) electrons. The third-order valence-corrected chi connectivity index (χ3v) is 1.91. The van der Waals surface area contributed by atoms with Gasteiger partial charge in [0, 0.05) is 7.11 Å². The molecule has 3 N–H and O–H groups in total. The molecular weight excluding hydrogens is 166 g/mol. The molecule has 0 aliphatic carbocycles. The van der Waals surface area contributed by atoms with Crippen LogP contribution in [0.5, 0.6) is 0 Å². The van der Waals surface area contributed by atoms with Gasteiger partial charge in [-0.3, -0.25) is 0 Å². The average molecular weight is 181 g/mol. The first kappa shape index (κ1) is 10.2. The number of benzene rings is 1. The third-order valence-electron chi connectivity index (χ3n) is 1.91. The summed E-state index contributed by atoms with van der Waals surface area (Å²) in [5, 5.41) is 9.72. The molecule has 13 heavy (non-hydrogen) atoms. The van der Waals surface area contributed by atoms with E-state index in [1.807, 2.05) is 30.3 Å². The fourth-order valence-corrected chi connectivity index (χ4v) is 1.18. The van der Waals surface area contributed by atoms with Crippen LogP contribution in [-0.4, -0.2) is 24.9 Å². The summed E-state index contributed by atoms with van der Waals surface area (Å²) in [6.45, 7) is 0.357. The van der Waals surface area contributed by atoms with Crippen molar-refractivity contribution in [3.8, 4) is 0 Å². The maximum atomic E-state index is 9.72. The van der Waals surface area contributed by atoms with Gasteiger partial charge < -0.3 is 15.6 Å². The monoisotopic (exact) mass is 181 g/mol. The van der Waals surface area contributed by atoms with E-state index in [1.165, 1.54) is 0 Å². The molecule has 0 aliphatic rings. The zero-order valence-corrected chi connectivity index (χ0v) is 7.68. The van der Waals surface area contributed by atoms with Gasteiger partial charge in [-0.1, -0.05) is 30.3 Å². The lowest BCUT2D eigenvalue weighted by Gasteiger charge is -2.17. The van der Waals surface area contributed by atoms with Crippen LogP contribution in [0.25, 0.3) is 0 Å². The van der Waals surface area contributed by atoms with Crippen LogP contribution in [0.15, 0.2) is 30.3 Å². The summed E-state index contributed by atoms with van der Waals surface area (Å²) in [7, 11) is 1.57. The maximum Gasteiger partial charge on any atom is 0.0963 e. The zero-order chi connectivity index (χ0) is 9.68. The molecule has 0 aliphatic heterocycles. The van der Waals surface area contributed by atoms with Gasteiger partial charge in [-0.15, -0.1) is 0 Å². The third kappa shape index (κ3) is 2.81. The van der Waals surface area contributed by atoms with E-state index in [9.17, 15) is 5.11 Å². The molecule has 0 fully saturated rings. The molecule has 0 unspecified atom stereocenters. The van der Waals surface area contributed by atoms with E-state index >= 15 is 0 Å². The molecule has 0 bridgehead atoms. The lowest BCUT2D eigenvalue weighted by Crippen LogP contribution is -2.32. The lowest BCUT2D eigenvalue weighted by molar-refractivity contribution is 0.0873. The topological polar surface area (TPSA) is 55.5 Å². The first-order valence-electron chi connectivity index (χ1n) is 4.23. The largest absolute Gasteiger partial charge is 0.387 e. The van der Waals surface area contributed by atoms with E-state index in [2.05, 4.69) is 0 Å². The van der Waals surface area contributed by atoms with E-state index in [1.54, 1.807) is 7.11 Å². The Balaban J connectivity index is 2.62. The number of nitrogens with two attached hydrogens (primary N) is 1. The van der Waals surface area contributed by atoms with E-state index in [-0.39, 0.29) is 6.04 Å². The first-order chi connectivity index (χ1) is 6.25. The lowest BCUT2D eigenvalue weighted by atomic mass is 10.0. The number of aliphatic hydroxyl groups excluding tert-OH is 1. The van der Waals surface area contributed by atoms with Crippen molar-refractivity contribution in [1.29, 1.82) is 0 Å². The zero-order valence-electron chi connectivity index (χ0n) is 7.68. The summed E-state index contributed by atoms with van der Waals surface area (Å²) in [5.74, 6) is 0. The Bertz CT molecular complexity index is 238. The van der Waals surface area contributed by atoms with Gasteiger partial charge in [-0.2, -0.15) is 0 Å². The van der Waals surface area contributed by atoms with Gasteiger partial charge in [0.05, 0.1) is 18.8 Å². The van der Waals surface area contributed by atoms with Crippen molar-refractivity contribution in [2.24, 2.45) is 5.73 Å². The van der Waals surface area contributed by atoms with Crippen LogP contribution < -0.4 is 5.73 Å². The minimum atomic E-state index is -0.652. The summed E-state index contributed by atoms with van der Waals surface area (Å²) in [6.07, 6.45) is -0.652. The highest BCUT2D eigenvalue weighted by molar-refractivity contribution is 5.18. The summed E-state index contributed by atoms with van der Waals surface area (Å²) in [5.41, 5.74) is 6.51. The Morgan fingerprint density at radius 2 is 2.00 bits per heavy atom. The van der Waals surface area contributed by atoms with Crippen LogP contribution in [0.2, 0.25) is 0 Å². The Morgan fingerprint density at radius 3 is 2.54 bits per heavy atom. The minimum absolute atomic E-state index is 0.357. The van der Waals surface area contributed by atoms with Crippen LogP contribution in [0, 0.1) is 0 Å². The summed E-state index contributed by atoms with van der Waals surface area (Å²) >= 11 is 0. The molecule has 72 valence electrons. The number of hydrogen-bond acceptors (Lipinski definition) is 3. The first-order valence-corrected chi connectivity index (χ1v) is 4.23. The molecule has 0 saturated heterocycles. The standard InChI is InChI=1S/C10H15NO2/c1-13-7-9(11)10(12)8-5-3-2-4-6-8/h2-6,9-10,12H,7,11H2,1H3/t9-,10-/m1/s1. The number of rotatable bonds is 4. The number of ether oxygens (including phenoxy) is 1. The van der Waals surface area contributed by atoms with Crippen LogP contribution >= 0.6 is 0 Å². The summed E-state index contributed by atoms with van der Waals surface area (Å²) in [6, 6.07) is 8.97. The Labute approximate surface area is 78.1 Å². The van der Waals surface area contributed by atoms with E-state index in [0.717, 1.165) is 5.56 Å². The van der Waals surface area contributed by atoms with E-state index < -0.39 is 6.10 Å². The number of hydrogen-bond donors (Lipinski definition) is 2. The van der Waals surface area contributed by atoms with Gasteiger partial charge in [-0.25, -0.2) is 0 Å². The Hall–Kier alpha value is -0.900. The molecule has 0 spiro atoms. The molecule has 0 amide bonds. The second-order valence-corrected chi connectivity index (χ2v) is 2.97. The van der Waals surface area contributed by atoms with Crippen molar-refractivity contribution in [2.45, 2.75) is 12.1 Å². The van der Waals surface area contributed by atoms with Crippen LogP contribution in [0.1, 0.15) is 11.7 Å². The predicted molar refractivity (Wildman–Crippen MR) is 51.3 cm³/mol. The highest BCUT2D eigenvalue weighted by Crippen LogP contribution is 2.14. The van der Waals surface area contributed by atoms with Gasteiger partial charge >= 0.3 is 0 Å². The fraction of sp³-hybridized carbons (Fsp3) is 0.400. The molecule has 1 aromatic rings. The molecule has 0 saturated carbocycles. The Morgan fingerprint density at radius 1 is 1.38 bits per heavy atom. The molecule has 3 nitrogen and oxygen atoms in total. The molecular formula is C10H15NO2. The molecule has 0 aromatic heterocycles. The van der Waals surface area contributed by atoms with Crippen molar-refractivity contribution in [3.05, 3.63) is 35.9 Å². The van der Waals surface area contributed by atoms with E-state index in [0.29, 0.717) is 6.61 Å². The van der Waals surface area contributed by atoms with Gasteiger partial charge in [0.2, 0.25) is 0 Å². The van der Waals surface area contributed by atoms with Crippen molar-refractivity contribution >= 4 is 0 Å². The van der Waals surface area contributed by atoms with Crippen LogP contribution in [0.3, 0.4) is 0 Å². The summed E-state index contributed by atoms with van der Waals surface area (Å²) < 4.78 is 4.86. The normalized spacial score (nSPS) is 15.3. The molecule has 1 aromatic carbocycles. The van der Waals surface area contributed by atoms with Gasteiger partial charge in [-0.05, 0) is 5.56 Å². The molecule has 1 rings (SSSR count). The quantitative estimate of drug-likeness (QED) is 0.718. The molecule has 3 heteroatoms.